The molecule has 102 valence electrons. The first-order valence-corrected chi connectivity index (χ1v) is 8.99. The third kappa shape index (κ3) is 3.04. The van der Waals surface area contributed by atoms with E-state index in [-0.39, 0.29) is 11.5 Å². The second-order valence-corrected chi connectivity index (χ2v) is 8.05. The van der Waals surface area contributed by atoms with Crippen LogP contribution in [0.15, 0.2) is 23.1 Å². The monoisotopic (exact) mass is 296 g/mol. The lowest BCUT2D eigenvalue weighted by molar-refractivity contribution is 0.574. The Morgan fingerprint density at radius 3 is 2.74 bits per heavy atom. The summed E-state index contributed by atoms with van der Waals surface area (Å²) in [5, 5.41) is 12.5. The summed E-state index contributed by atoms with van der Waals surface area (Å²) in [5.41, 5.74) is 0.816. The van der Waals surface area contributed by atoms with Crippen LogP contribution < -0.4 is 5.32 Å². The predicted molar refractivity (Wildman–Crippen MR) is 78.2 cm³/mol. The molecule has 0 amide bonds. The zero-order chi connectivity index (χ0) is 14.1. The van der Waals surface area contributed by atoms with Crippen molar-refractivity contribution in [3.05, 3.63) is 23.8 Å². The van der Waals surface area contributed by atoms with Crippen LogP contribution in [0.25, 0.3) is 0 Å². The Kier molecular flexibility index (Phi) is 3.79. The van der Waals surface area contributed by atoms with Gasteiger partial charge in [-0.05, 0) is 31.7 Å². The molecule has 0 spiro atoms. The van der Waals surface area contributed by atoms with Crippen LogP contribution in [0.3, 0.4) is 0 Å². The van der Waals surface area contributed by atoms with Crippen LogP contribution in [0.2, 0.25) is 0 Å². The molecule has 1 aromatic carbocycles. The molecule has 1 atom stereocenters. The fraction of sp³-hybridized carbons (Fsp3) is 0.462. The lowest BCUT2D eigenvalue weighted by Gasteiger charge is -2.26. The fourth-order valence-electron chi connectivity index (χ4n) is 2.35. The molecule has 1 N–H and O–H groups in total. The van der Waals surface area contributed by atoms with Gasteiger partial charge < -0.3 is 5.32 Å². The Morgan fingerprint density at radius 1 is 1.47 bits per heavy atom. The average Bonchev–Trinajstić information content (AvgIpc) is 2.63. The SMILES string of the molecule is CSc1cccc(NC2(C)CCS(=O)(=O)C2)c1C#N. The number of nitriles is 1. The molecule has 1 heterocycles. The summed E-state index contributed by atoms with van der Waals surface area (Å²) in [6, 6.07) is 7.79. The van der Waals surface area contributed by atoms with E-state index in [9.17, 15) is 13.7 Å². The van der Waals surface area contributed by atoms with Crippen molar-refractivity contribution in [1.82, 2.24) is 0 Å². The van der Waals surface area contributed by atoms with Crippen LogP contribution in [-0.4, -0.2) is 31.7 Å². The lowest BCUT2D eigenvalue weighted by atomic mass is 10.0. The van der Waals surface area contributed by atoms with E-state index in [0.29, 0.717) is 17.7 Å². The molecule has 1 unspecified atom stereocenters. The van der Waals surface area contributed by atoms with Gasteiger partial charge in [0.25, 0.3) is 0 Å². The highest BCUT2D eigenvalue weighted by Gasteiger charge is 2.38. The molecule has 0 radical (unpaired) electrons. The van der Waals surface area contributed by atoms with Gasteiger partial charge in [0.15, 0.2) is 9.84 Å². The molecule has 6 heteroatoms. The molecular formula is C13H16N2O2S2. The van der Waals surface area contributed by atoms with Gasteiger partial charge in [-0.25, -0.2) is 8.42 Å². The number of benzene rings is 1. The van der Waals surface area contributed by atoms with Crippen molar-refractivity contribution in [2.45, 2.75) is 23.8 Å². The van der Waals surface area contributed by atoms with Gasteiger partial charge in [0, 0.05) is 10.4 Å². The normalized spacial score (nSPS) is 24.9. The highest BCUT2D eigenvalue weighted by atomic mass is 32.2. The third-order valence-electron chi connectivity index (χ3n) is 3.30. The third-order valence-corrected chi connectivity index (χ3v) is 5.98. The molecule has 0 aliphatic carbocycles. The van der Waals surface area contributed by atoms with Crippen LogP contribution >= 0.6 is 11.8 Å². The van der Waals surface area contributed by atoms with Gasteiger partial charge in [0.05, 0.1) is 22.8 Å². The topological polar surface area (TPSA) is 70.0 Å². The van der Waals surface area contributed by atoms with Crippen molar-refractivity contribution < 1.29 is 8.42 Å². The van der Waals surface area contributed by atoms with Gasteiger partial charge in [-0.1, -0.05) is 6.07 Å². The van der Waals surface area contributed by atoms with Crippen LogP contribution in [-0.2, 0) is 9.84 Å². The van der Waals surface area contributed by atoms with Crippen LogP contribution in [0.4, 0.5) is 5.69 Å². The number of nitrogens with one attached hydrogen (secondary N) is 1. The maximum Gasteiger partial charge on any atom is 0.152 e. The van der Waals surface area contributed by atoms with Crippen LogP contribution in [0.1, 0.15) is 18.9 Å². The zero-order valence-electron chi connectivity index (χ0n) is 10.9. The minimum Gasteiger partial charge on any atom is -0.378 e. The number of anilines is 1. The van der Waals surface area contributed by atoms with E-state index in [1.165, 1.54) is 11.8 Å². The minimum atomic E-state index is -2.96. The van der Waals surface area contributed by atoms with E-state index in [1.54, 1.807) is 0 Å². The molecule has 1 fully saturated rings. The summed E-state index contributed by atoms with van der Waals surface area (Å²) >= 11 is 1.51. The highest BCUT2D eigenvalue weighted by molar-refractivity contribution is 7.98. The standard InChI is InChI=1S/C13H16N2O2S2/c1-13(6-7-19(16,17)9-13)15-11-4-3-5-12(18-2)10(11)8-14/h3-5,15H,6-7,9H2,1-2H3. The number of hydrogen-bond donors (Lipinski definition) is 1. The van der Waals surface area contributed by atoms with Crippen molar-refractivity contribution >= 4 is 27.3 Å². The smallest absolute Gasteiger partial charge is 0.152 e. The summed E-state index contributed by atoms with van der Waals surface area (Å²) in [4.78, 5) is 0.900. The summed E-state index contributed by atoms with van der Waals surface area (Å²) in [5.74, 6) is 0.328. The molecule has 2 rings (SSSR count). The molecule has 1 aliphatic rings. The van der Waals surface area contributed by atoms with E-state index in [0.717, 1.165) is 4.90 Å². The van der Waals surface area contributed by atoms with Gasteiger partial charge in [0.1, 0.15) is 6.07 Å². The van der Waals surface area contributed by atoms with Gasteiger partial charge in [0.2, 0.25) is 0 Å². The largest absolute Gasteiger partial charge is 0.378 e. The Morgan fingerprint density at radius 2 is 2.21 bits per heavy atom. The summed E-state index contributed by atoms with van der Waals surface area (Å²) in [6.07, 6.45) is 2.49. The van der Waals surface area contributed by atoms with Gasteiger partial charge in [-0.2, -0.15) is 5.26 Å². The van der Waals surface area contributed by atoms with Gasteiger partial charge in [-0.15, -0.1) is 11.8 Å². The highest BCUT2D eigenvalue weighted by Crippen LogP contribution is 2.32. The maximum absolute atomic E-state index is 11.6. The number of rotatable bonds is 3. The second kappa shape index (κ2) is 5.06. The Hall–Kier alpha value is -1.19. The fourth-order valence-corrected chi connectivity index (χ4v) is 5.02. The average molecular weight is 296 g/mol. The number of sulfone groups is 1. The molecule has 1 aliphatic heterocycles. The van der Waals surface area contributed by atoms with Gasteiger partial charge >= 0.3 is 0 Å². The Labute approximate surface area is 118 Å². The zero-order valence-corrected chi connectivity index (χ0v) is 12.6. The van der Waals surface area contributed by atoms with Crippen molar-refractivity contribution in [1.29, 1.82) is 5.26 Å². The molecule has 0 bridgehead atoms. The molecule has 1 saturated heterocycles. The second-order valence-electron chi connectivity index (χ2n) is 5.02. The first-order valence-electron chi connectivity index (χ1n) is 5.95. The first-order chi connectivity index (χ1) is 8.89. The van der Waals surface area contributed by atoms with E-state index in [2.05, 4.69) is 11.4 Å². The number of hydrogen-bond acceptors (Lipinski definition) is 5. The molecule has 4 nitrogen and oxygen atoms in total. The summed E-state index contributed by atoms with van der Waals surface area (Å²) in [6.45, 7) is 1.89. The molecule has 0 saturated carbocycles. The van der Waals surface area contributed by atoms with Crippen molar-refractivity contribution in [2.75, 3.05) is 23.1 Å². The molecular weight excluding hydrogens is 280 g/mol. The first kappa shape index (κ1) is 14.2. The van der Waals surface area contributed by atoms with Crippen LogP contribution in [0.5, 0.6) is 0 Å². The Balaban J connectivity index is 2.33. The van der Waals surface area contributed by atoms with Gasteiger partial charge in [-0.3, -0.25) is 0 Å². The maximum atomic E-state index is 11.6. The minimum absolute atomic E-state index is 0.119. The number of nitrogens with zero attached hydrogens (tertiary/aromatic N) is 1. The van der Waals surface area contributed by atoms with Crippen molar-refractivity contribution in [3.63, 3.8) is 0 Å². The van der Waals surface area contributed by atoms with Crippen molar-refractivity contribution in [3.8, 4) is 6.07 Å². The summed E-state index contributed by atoms with van der Waals surface area (Å²) in [7, 11) is -2.96. The van der Waals surface area contributed by atoms with Crippen LogP contribution in [0, 0.1) is 11.3 Å². The van der Waals surface area contributed by atoms with E-state index in [4.69, 9.17) is 0 Å². The predicted octanol–water partition coefficient (Wildman–Crippen LogP) is 2.27. The quantitative estimate of drug-likeness (QED) is 0.866. The van der Waals surface area contributed by atoms with E-state index < -0.39 is 15.4 Å². The number of thioether (sulfide) groups is 1. The van der Waals surface area contributed by atoms with Crippen molar-refractivity contribution in [2.24, 2.45) is 0 Å². The summed E-state index contributed by atoms with van der Waals surface area (Å²) < 4.78 is 23.2. The molecule has 0 aromatic heterocycles. The van der Waals surface area contributed by atoms with E-state index >= 15 is 0 Å². The van der Waals surface area contributed by atoms with E-state index in [1.807, 2.05) is 31.4 Å². The molecule has 19 heavy (non-hydrogen) atoms. The lowest BCUT2D eigenvalue weighted by Crippen LogP contribution is -2.36. The Bertz CT molecular complexity index is 635. The molecule has 1 aromatic rings.